The lowest BCUT2D eigenvalue weighted by molar-refractivity contribution is -0.139. The largest absolute Gasteiger partial charge is 0.759 e. The van der Waals surface area contributed by atoms with Crippen molar-refractivity contribution < 1.29 is 28.2 Å². The zero-order valence-electron chi connectivity index (χ0n) is 22.0. The van der Waals surface area contributed by atoms with Crippen molar-refractivity contribution in [2.45, 2.75) is 26.3 Å². The molecule has 0 aliphatic carbocycles. The van der Waals surface area contributed by atoms with Crippen LogP contribution in [0.3, 0.4) is 0 Å². The van der Waals surface area contributed by atoms with Gasteiger partial charge >= 0.3 is 5.97 Å². The van der Waals surface area contributed by atoms with Gasteiger partial charge in [-0.15, -0.1) is 0 Å². The molecule has 0 spiro atoms. The number of Topliss-reactive ketones (excluding diaryl/α,β-unsaturated/α-hetero) is 1. The summed E-state index contributed by atoms with van der Waals surface area (Å²) < 4.78 is 30.0. The highest BCUT2D eigenvalue weighted by Crippen LogP contribution is 2.29. The van der Waals surface area contributed by atoms with Crippen LogP contribution in [0.5, 0.6) is 5.75 Å². The highest BCUT2D eigenvalue weighted by atomic mass is 32.2. The number of ether oxygens (including phenoxy) is 1. The lowest BCUT2D eigenvalue weighted by Crippen LogP contribution is -2.57. The molecule has 0 aromatic heterocycles. The van der Waals surface area contributed by atoms with E-state index in [0.29, 0.717) is 37.5 Å². The monoisotopic (exact) mass is 548 g/mol. The maximum atomic E-state index is 12.2. The van der Waals surface area contributed by atoms with E-state index in [1.165, 1.54) is 6.92 Å². The fourth-order valence-corrected chi connectivity index (χ4v) is 5.54. The van der Waals surface area contributed by atoms with Gasteiger partial charge in [0.2, 0.25) is 0 Å². The molecule has 9 nitrogen and oxygen atoms in total. The van der Waals surface area contributed by atoms with Crippen LogP contribution in [0.2, 0.25) is 0 Å². The number of methoxy groups -OCH3 is 1. The molecule has 39 heavy (non-hydrogen) atoms. The maximum absolute atomic E-state index is 12.2. The first kappa shape index (κ1) is 28.3. The number of carbonyl (C=O) groups excluding carboxylic acids is 1. The molecule has 2 unspecified atom stereocenters. The molecule has 2 atom stereocenters. The Morgan fingerprint density at radius 2 is 1.69 bits per heavy atom. The van der Waals surface area contributed by atoms with Crippen molar-refractivity contribution in [2.75, 3.05) is 38.2 Å². The first-order valence-corrected chi connectivity index (χ1v) is 13.5. The van der Waals surface area contributed by atoms with Gasteiger partial charge in [0, 0.05) is 60.3 Å². The fraction of sp³-hybridized carbons (Fsp3) is 0.310. The number of hydrogen-bond donors (Lipinski definition) is 1. The predicted molar refractivity (Wildman–Crippen MR) is 149 cm³/mol. The third-order valence-electron chi connectivity index (χ3n) is 6.67. The number of carboxylic acid groups (broad SMARTS) is 1. The number of ketones is 1. The Hall–Kier alpha value is -3.75. The zero-order chi connectivity index (χ0) is 28.1. The van der Waals surface area contributed by atoms with Crippen molar-refractivity contribution in [1.82, 2.24) is 9.42 Å². The highest BCUT2D eigenvalue weighted by Gasteiger charge is 2.28. The van der Waals surface area contributed by atoms with E-state index in [9.17, 15) is 18.4 Å². The molecule has 10 heteroatoms. The van der Waals surface area contributed by atoms with Crippen LogP contribution in [-0.4, -0.2) is 74.4 Å². The molecule has 1 aliphatic heterocycles. The van der Waals surface area contributed by atoms with E-state index in [4.69, 9.17) is 9.84 Å². The fourth-order valence-electron chi connectivity index (χ4n) is 4.82. The molecule has 3 aromatic carbocycles. The minimum absolute atomic E-state index is 0.0526. The lowest BCUT2D eigenvalue weighted by Gasteiger charge is -2.44. The van der Waals surface area contributed by atoms with E-state index in [1.807, 2.05) is 48.5 Å². The van der Waals surface area contributed by atoms with Gasteiger partial charge in [0.15, 0.2) is 5.78 Å². The number of fused-ring (bicyclic) bond motifs is 1. The Morgan fingerprint density at radius 3 is 2.28 bits per heavy atom. The van der Waals surface area contributed by atoms with Gasteiger partial charge in [-0.25, -0.2) is 5.01 Å². The molecule has 1 fully saturated rings. The van der Waals surface area contributed by atoms with Gasteiger partial charge in [-0.1, -0.05) is 24.0 Å². The summed E-state index contributed by atoms with van der Waals surface area (Å²) in [7, 11) is 1.55. The second-order valence-electron chi connectivity index (χ2n) is 9.34. The van der Waals surface area contributed by atoms with Crippen molar-refractivity contribution in [2.24, 2.45) is 0 Å². The summed E-state index contributed by atoms with van der Waals surface area (Å²) in [6, 6.07) is 16.7. The maximum Gasteiger partial charge on any atom is 0.305 e. The Morgan fingerprint density at radius 1 is 1.05 bits per heavy atom. The summed E-state index contributed by atoms with van der Waals surface area (Å²) in [4.78, 5) is 25.3. The molecule has 0 amide bonds. The number of nitrogens with zero attached hydrogens (tertiary/aromatic N) is 3. The van der Waals surface area contributed by atoms with Crippen molar-refractivity contribution in [3.05, 3.63) is 71.3 Å². The Bertz CT molecular complexity index is 1460. The SMILES string of the molecule is COc1ccc2cc(C#Cc3ccc(N4CCN(N(C(C)CC(=O)O)S(=O)[O-])CC4)cc3)ccc2c1C(C)=O. The molecule has 204 valence electrons. The molecule has 1 aliphatic rings. The first-order valence-electron chi connectivity index (χ1n) is 12.5. The van der Waals surface area contributed by atoms with Gasteiger partial charge < -0.3 is 19.3 Å². The highest BCUT2D eigenvalue weighted by molar-refractivity contribution is 7.76. The van der Waals surface area contributed by atoms with Crippen molar-refractivity contribution >= 4 is 39.5 Å². The van der Waals surface area contributed by atoms with Gasteiger partial charge in [0.05, 0.1) is 19.1 Å². The Balaban J connectivity index is 1.42. The van der Waals surface area contributed by atoms with Crippen LogP contribution in [0.1, 0.15) is 41.8 Å². The van der Waals surface area contributed by atoms with Crippen LogP contribution in [0.25, 0.3) is 10.8 Å². The van der Waals surface area contributed by atoms with Gasteiger partial charge in [0.1, 0.15) is 5.75 Å². The number of piperazine rings is 1. The Labute approximate surface area is 230 Å². The quantitative estimate of drug-likeness (QED) is 0.259. The van der Waals surface area contributed by atoms with Gasteiger partial charge in [0.25, 0.3) is 0 Å². The van der Waals surface area contributed by atoms with E-state index in [0.717, 1.165) is 32.0 Å². The van der Waals surface area contributed by atoms with Crippen molar-refractivity contribution in [1.29, 1.82) is 0 Å². The summed E-state index contributed by atoms with van der Waals surface area (Å²) in [5.41, 5.74) is 3.26. The van der Waals surface area contributed by atoms with Gasteiger partial charge in [-0.3, -0.25) is 13.8 Å². The van der Waals surface area contributed by atoms with Crippen molar-refractivity contribution in [3.63, 3.8) is 0 Å². The average Bonchev–Trinajstić information content (AvgIpc) is 2.91. The third kappa shape index (κ3) is 6.64. The van der Waals surface area contributed by atoms with Crippen LogP contribution in [0.15, 0.2) is 54.6 Å². The number of benzene rings is 3. The summed E-state index contributed by atoms with van der Waals surface area (Å²) >= 11 is -2.55. The number of anilines is 1. The number of hydrazine groups is 1. The lowest BCUT2D eigenvalue weighted by atomic mass is 9.99. The second-order valence-corrected chi connectivity index (χ2v) is 10.1. The third-order valence-corrected chi connectivity index (χ3v) is 7.57. The number of carbonyl (C=O) groups is 2. The molecule has 0 saturated carbocycles. The van der Waals surface area contributed by atoms with E-state index in [2.05, 4.69) is 16.7 Å². The molecular weight excluding hydrogens is 518 g/mol. The molecule has 0 radical (unpaired) electrons. The molecular formula is C29H30N3O6S-. The average molecular weight is 549 g/mol. The summed E-state index contributed by atoms with van der Waals surface area (Å²) in [5.74, 6) is 5.84. The standard InChI is InChI=1S/C29H31N3O6S/c1-20(18-28(34)35)32(39(36)37)31-16-14-30(15-17-31)25-10-6-22(7-11-25)4-5-23-8-12-26-24(19-23)9-13-27(38-3)29(26)21(2)33/h6-13,19-20H,14-18H2,1-3H3,(H,34,35)(H,36,37)/p-1. The first-order chi connectivity index (χ1) is 18.7. The topological polar surface area (TPSA) is 113 Å². The molecule has 1 heterocycles. The van der Waals surface area contributed by atoms with Gasteiger partial charge in [-0.2, -0.15) is 4.41 Å². The van der Waals surface area contributed by atoms with Crippen LogP contribution >= 0.6 is 0 Å². The number of aliphatic carboxylic acids is 1. The van der Waals surface area contributed by atoms with E-state index < -0.39 is 23.3 Å². The number of hydrogen-bond acceptors (Lipinski definition) is 7. The van der Waals surface area contributed by atoms with E-state index >= 15 is 0 Å². The zero-order valence-corrected chi connectivity index (χ0v) is 22.9. The minimum Gasteiger partial charge on any atom is -0.759 e. The van der Waals surface area contributed by atoms with Crippen LogP contribution in [0, 0.1) is 11.8 Å². The predicted octanol–water partition coefficient (Wildman–Crippen LogP) is 3.45. The summed E-state index contributed by atoms with van der Waals surface area (Å²) in [6.07, 6.45) is -0.260. The van der Waals surface area contributed by atoms with E-state index in [1.54, 1.807) is 25.1 Å². The van der Waals surface area contributed by atoms with Crippen LogP contribution in [0.4, 0.5) is 5.69 Å². The van der Waals surface area contributed by atoms with E-state index in [-0.39, 0.29) is 12.2 Å². The number of rotatable bonds is 8. The Kier molecular flexibility index (Phi) is 8.99. The smallest absolute Gasteiger partial charge is 0.305 e. The molecule has 4 rings (SSSR count). The normalized spacial score (nSPS) is 15.5. The van der Waals surface area contributed by atoms with Crippen LogP contribution < -0.4 is 9.64 Å². The van der Waals surface area contributed by atoms with Crippen molar-refractivity contribution in [3.8, 4) is 17.6 Å². The number of carboxylic acids is 1. The van der Waals surface area contributed by atoms with Crippen LogP contribution in [-0.2, 0) is 16.1 Å². The molecule has 1 saturated heterocycles. The minimum atomic E-state index is -2.55. The summed E-state index contributed by atoms with van der Waals surface area (Å²) in [5, 5.41) is 12.5. The van der Waals surface area contributed by atoms with Gasteiger partial charge in [-0.05, 0) is 67.1 Å². The molecule has 3 aromatic rings. The summed E-state index contributed by atoms with van der Waals surface area (Å²) in [6.45, 7) is 5.23. The molecule has 1 N–H and O–H groups in total. The second kappa shape index (κ2) is 12.4. The molecule has 0 bridgehead atoms.